The van der Waals surface area contributed by atoms with E-state index >= 15 is 0 Å². The SMILES string of the molecule is Cc1ccc(COc2ccc(/C=C3\C(=O)NC(=O)N(c4ccc(C)c(Cl)c4)C3=O)cc2Br)cc1C. The molecule has 178 valence electrons. The Labute approximate surface area is 216 Å². The number of halogens is 2. The minimum atomic E-state index is -0.826. The molecule has 0 aromatic heterocycles. The minimum Gasteiger partial charge on any atom is -0.488 e. The standard InChI is InChI=1S/C27H22BrClN2O4/c1-15-4-6-19(10-17(15)3)14-35-24-9-7-18(12-22(24)28)11-21-25(32)30-27(34)31(26(21)33)20-8-5-16(2)23(29)13-20/h4-13H,14H2,1-3H3,(H,30,32,34)/b21-11+. The summed E-state index contributed by atoms with van der Waals surface area (Å²) in [6.45, 7) is 6.33. The monoisotopic (exact) mass is 552 g/mol. The van der Waals surface area contributed by atoms with Gasteiger partial charge in [-0.25, -0.2) is 9.69 Å². The maximum atomic E-state index is 13.1. The number of barbiturate groups is 1. The fraction of sp³-hybridized carbons (Fsp3) is 0.148. The highest BCUT2D eigenvalue weighted by Crippen LogP contribution is 2.30. The normalized spacial score (nSPS) is 14.9. The molecular weight excluding hydrogens is 532 g/mol. The molecule has 0 aliphatic carbocycles. The summed E-state index contributed by atoms with van der Waals surface area (Å²) in [5, 5.41) is 2.62. The summed E-state index contributed by atoms with van der Waals surface area (Å²) in [4.78, 5) is 38.9. The molecule has 0 bridgehead atoms. The number of amides is 4. The molecule has 0 spiro atoms. The maximum absolute atomic E-state index is 13.1. The molecule has 1 saturated heterocycles. The quantitative estimate of drug-likeness (QED) is 0.298. The number of imide groups is 2. The number of rotatable bonds is 5. The minimum absolute atomic E-state index is 0.169. The smallest absolute Gasteiger partial charge is 0.335 e. The maximum Gasteiger partial charge on any atom is 0.335 e. The second-order valence-corrected chi connectivity index (χ2v) is 9.55. The first kappa shape index (κ1) is 24.7. The van der Waals surface area contributed by atoms with Crippen molar-refractivity contribution in [2.45, 2.75) is 27.4 Å². The van der Waals surface area contributed by atoms with E-state index in [1.54, 1.807) is 30.3 Å². The van der Waals surface area contributed by atoms with Crippen LogP contribution in [0.15, 0.2) is 64.6 Å². The van der Waals surface area contributed by atoms with Gasteiger partial charge in [-0.1, -0.05) is 41.9 Å². The lowest BCUT2D eigenvalue weighted by Gasteiger charge is -2.26. The first-order chi connectivity index (χ1) is 16.6. The van der Waals surface area contributed by atoms with Gasteiger partial charge in [0.15, 0.2) is 0 Å². The largest absolute Gasteiger partial charge is 0.488 e. The lowest BCUT2D eigenvalue weighted by Crippen LogP contribution is -2.54. The Morgan fingerprint density at radius 1 is 0.943 bits per heavy atom. The van der Waals surface area contributed by atoms with Crippen LogP contribution < -0.4 is 15.0 Å². The van der Waals surface area contributed by atoms with E-state index in [9.17, 15) is 14.4 Å². The summed E-state index contributed by atoms with van der Waals surface area (Å²) in [5.41, 5.74) is 4.97. The van der Waals surface area contributed by atoms with Crippen LogP contribution in [0, 0.1) is 20.8 Å². The van der Waals surface area contributed by atoms with Crippen LogP contribution in [0.4, 0.5) is 10.5 Å². The fourth-order valence-corrected chi connectivity index (χ4v) is 4.24. The van der Waals surface area contributed by atoms with Crippen LogP contribution in [0.2, 0.25) is 5.02 Å². The number of nitrogens with zero attached hydrogens (tertiary/aromatic N) is 1. The van der Waals surface area contributed by atoms with Crippen LogP contribution in [0.1, 0.15) is 27.8 Å². The molecule has 1 aliphatic heterocycles. The number of benzene rings is 3. The van der Waals surface area contributed by atoms with Gasteiger partial charge < -0.3 is 4.74 Å². The van der Waals surface area contributed by atoms with Crippen molar-refractivity contribution in [2.75, 3.05) is 4.90 Å². The Hall–Kier alpha value is -3.42. The molecule has 3 aromatic carbocycles. The van der Waals surface area contributed by atoms with Crippen LogP contribution in [-0.4, -0.2) is 17.8 Å². The van der Waals surface area contributed by atoms with E-state index in [2.05, 4.69) is 47.2 Å². The third-order valence-corrected chi connectivity index (χ3v) is 6.77. The molecule has 0 atom stereocenters. The number of aryl methyl sites for hydroxylation is 3. The van der Waals surface area contributed by atoms with E-state index < -0.39 is 17.8 Å². The van der Waals surface area contributed by atoms with Crippen molar-refractivity contribution in [1.82, 2.24) is 5.32 Å². The average Bonchev–Trinajstić information content (AvgIpc) is 2.80. The van der Waals surface area contributed by atoms with Crippen LogP contribution in [0.3, 0.4) is 0 Å². The van der Waals surface area contributed by atoms with Gasteiger partial charge in [0, 0.05) is 5.02 Å². The van der Waals surface area contributed by atoms with Gasteiger partial charge in [-0.15, -0.1) is 0 Å². The molecule has 35 heavy (non-hydrogen) atoms. The van der Waals surface area contributed by atoms with Crippen molar-refractivity contribution in [1.29, 1.82) is 0 Å². The summed E-state index contributed by atoms with van der Waals surface area (Å²) in [6, 6.07) is 15.4. The molecule has 6 nitrogen and oxygen atoms in total. The zero-order valence-corrected chi connectivity index (χ0v) is 21.7. The summed E-state index contributed by atoms with van der Waals surface area (Å²) in [7, 11) is 0. The van der Waals surface area contributed by atoms with E-state index in [0.717, 1.165) is 16.0 Å². The van der Waals surface area contributed by atoms with Crippen LogP contribution in [0.5, 0.6) is 5.75 Å². The summed E-state index contributed by atoms with van der Waals surface area (Å²) in [6.07, 6.45) is 1.44. The molecule has 0 saturated carbocycles. The van der Waals surface area contributed by atoms with Gasteiger partial charge in [0.05, 0.1) is 10.2 Å². The highest BCUT2D eigenvalue weighted by Gasteiger charge is 2.37. The van der Waals surface area contributed by atoms with Crippen molar-refractivity contribution in [2.24, 2.45) is 0 Å². The van der Waals surface area contributed by atoms with Crippen molar-refractivity contribution in [3.63, 3.8) is 0 Å². The third kappa shape index (κ3) is 5.31. The van der Waals surface area contributed by atoms with Crippen molar-refractivity contribution in [3.05, 3.63) is 97.5 Å². The third-order valence-electron chi connectivity index (χ3n) is 5.75. The number of ether oxygens (including phenoxy) is 1. The van der Waals surface area contributed by atoms with Crippen LogP contribution in [0.25, 0.3) is 6.08 Å². The lowest BCUT2D eigenvalue weighted by molar-refractivity contribution is -0.122. The molecule has 1 heterocycles. The number of carbonyl (C=O) groups is 3. The van der Waals surface area contributed by atoms with Crippen molar-refractivity contribution >= 4 is 57.1 Å². The topological polar surface area (TPSA) is 75.7 Å². The van der Waals surface area contributed by atoms with Gasteiger partial charge in [-0.05, 0) is 94.9 Å². The van der Waals surface area contributed by atoms with E-state index in [4.69, 9.17) is 16.3 Å². The second kappa shape index (κ2) is 10.1. The number of nitrogens with one attached hydrogen (secondary N) is 1. The van der Waals surface area contributed by atoms with E-state index in [0.29, 0.717) is 27.4 Å². The Morgan fingerprint density at radius 2 is 1.69 bits per heavy atom. The van der Waals surface area contributed by atoms with E-state index in [1.807, 2.05) is 13.0 Å². The highest BCUT2D eigenvalue weighted by molar-refractivity contribution is 9.10. The second-order valence-electron chi connectivity index (χ2n) is 8.29. The van der Waals surface area contributed by atoms with Gasteiger partial charge in [0.2, 0.25) is 0 Å². The molecule has 4 rings (SSSR count). The molecule has 0 unspecified atom stereocenters. The Bertz CT molecular complexity index is 1400. The number of carbonyl (C=O) groups excluding carboxylic acids is 3. The zero-order valence-electron chi connectivity index (χ0n) is 19.3. The molecule has 0 radical (unpaired) electrons. The van der Waals surface area contributed by atoms with Crippen molar-refractivity contribution in [3.8, 4) is 5.75 Å². The summed E-state index contributed by atoms with van der Waals surface area (Å²) >= 11 is 9.66. The molecule has 8 heteroatoms. The first-order valence-electron chi connectivity index (χ1n) is 10.8. The Balaban J connectivity index is 1.56. The average molecular weight is 554 g/mol. The van der Waals surface area contributed by atoms with E-state index in [-0.39, 0.29) is 11.3 Å². The molecular formula is C27H22BrClN2O4. The molecule has 3 aromatic rings. The number of hydrogen-bond acceptors (Lipinski definition) is 4. The summed E-state index contributed by atoms with van der Waals surface area (Å²) in [5.74, 6) is -0.874. The fourth-order valence-electron chi connectivity index (χ4n) is 3.56. The van der Waals surface area contributed by atoms with Crippen LogP contribution in [-0.2, 0) is 16.2 Å². The van der Waals surface area contributed by atoms with Gasteiger partial charge in [0.1, 0.15) is 17.9 Å². The molecule has 1 N–H and O–H groups in total. The predicted octanol–water partition coefficient (Wildman–Crippen LogP) is 6.27. The lowest BCUT2D eigenvalue weighted by atomic mass is 10.1. The van der Waals surface area contributed by atoms with Gasteiger partial charge >= 0.3 is 6.03 Å². The van der Waals surface area contributed by atoms with Gasteiger partial charge in [-0.3, -0.25) is 14.9 Å². The summed E-state index contributed by atoms with van der Waals surface area (Å²) < 4.78 is 6.60. The first-order valence-corrected chi connectivity index (χ1v) is 12.0. The molecule has 1 aliphatic rings. The Morgan fingerprint density at radius 3 is 2.37 bits per heavy atom. The van der Waals surface area contributed by atoms with E-state index in [1.165, 1.54) is 23.3 Å². The van der Waals surface area contributed by atoms with Crippen molar-refractivity contribution < 1.29 is 19.1 Å². The van der Waals surface area contributed by atoms with Crippen LogP contribution >= 0.6 is 27.5 Å². The Kier molecular flexibility index (Phi) is 7.10. The molecule has 4 amide bonds. The predicted molar refractivity (Wildman–Crippen MR) is 140 cm³/mol. The highest BCUT2D eigenvalue weighted by atomic mass is 79.9. The van der Waals surface area contributed by atoms with Gasteiger partial charge in [0.25, 0.3) is 11.8 Å². The number of urea groups is 1. The van der Waals surface area contributed by atoms with Gasteiger partial charge in [-0.2, -0.15) is 0 Å². The number of hydrogen-bond donors (Lipinski definition) is 1. The number of anilines is 1. The molecule has 1 fully saturated rings. The zero-order chi connectivity index (χ0) is 25.3.